The van der Waals surface area contributed by atoms with E-state index in [4.69, 9.17) is 19.3 Å². The van der Waals surface area contributed by atoms with Gasteiger partial charge in [-0.05, 0) is 44.4 Å². The number of hydrogen-bond donors (Lipinski definition) is 3. The molecular weight excluding hydrogens is 679 g/mol. The average Bonchev–Trinajstić information content (AvgIpc) is 3.09. The van der Waals surface area contributed by atoms with E-state index in [1.54, 1.807) is 0 Å². The molecule has 3 N–H and O–H groups in total. The third kappa shape index (κ3) is 39.2. The zero-order chi connectivity index (χ0) is 38.5. The highest BCUT2D eigenvalue weighted by molar-refractivity contribution is 7.46. The Labute approximate surface area is 317 Å². The number of esters is 2. The van der Waals surface area contributed by atoms with Crippen molar-refractivity contribution in [2.45, 2.75) is 187 Å². The smallest absolute Gasteiger partial charge is 0.462 e. The molecule has 0 aromatic rings. The molecule has 0 aliphatic rings. The lowest BCUT2D eigenvalue weighted by Gasteiger charge is -2.18. The molecule has 52 heavy (non-hydrogen) atoms. The number of phosphoric ester groups is 1. The second kappa shape index (κ2) is 36.0. The number of phosphoric acid groups is 1. The molecular formula is C42H75O9P. The van der Waals surface area contributed by atoms with Crippen molar-refractivity contribution in [3.8, 4) is 0 Å². The van der Waals surface area contributed by atoms with Gasteiger partial charge < -0.3 is 24.4 Å². The van der Waals surface area contributed by atoms with E-state index in [9.17, 15) is 19.3 Å². The van der Waals surface area contributed by atoms with Gasteiger partial charge in [-0.3, -0.25) is 14.1 Å². The molecule has 0 rings (SSSR count). The van der Waals surface area contributed by atoms with Crippen LogP contribution in [0, 0.1) is 5.92 Å². The molecule has 2 atom stereocenters. The summed E-state index contributed by atoms with van der Waals surface area (Å²) in [6.45, 7) is 5.84. The quantitative estimate of drug-likeness (QED) is 0.0187. The molecule has 0 heterocycles. The SMILES string of the molecule is CCCCC[C@H](O)/C=C/C=C\C/C=C\C/C=C\CCCC(=O)O[C@H](COC(=O)CCCCCCCCCCCCCCCC(C)C)COP(=O)(O)O. The summed E-state index contributed by atoms with van der Waals surface area (Å²) in [6, 6.07) is 0. The molecule has 0 saturated carbocycles. The molecule has 0 radical (unpaired) electrons. The van der Waals surface area contributed by atoms with E-state index < -0.39 is 32.5 Å². The number of ether oxygens (including phenoxy) is 2. The number of carbonyl (C=O) groups is 2. The summed E-state index contributed by atoms with van der Waals surface area (Å²) in [4.78, 5) is 42.8. The highest BCUT2D eigenvalue weighted by atomic mass is 31.2. The first kappa shape index (κ1) is 50.0. The summed E-state index contributed by atoms with van der Waals surface area (Å²) >= 11 is 0. The summed E-state index contributed by atoms with van der Waals surface area (Å²) in [5, 5.41) is 9.87. The van der Waals surface area contributed by atoms with Gasteiger partial charge in [-0.25, -0.2) is 4.57 Å². The molecule has 9 nitrogen and oxygen atoms in total. The molecule has 0 saturated heterocycles. The van der Waals surface area contributed by atoms with Gasteiger partial charge in [0.05, 0.1) is 12.7 Å². The summed E-state index contributed by atoms with van der Waals surface area (Å²) in [5.41, 5.74) is 0. The summed E-state index contributed by atoms with van der Waals surface area (Å²) in [6.07, 6.45) is 38.8. The van der Waals surface area contributed by atoms with E-state index in [0.717, 1.165) is 63.7 Å². The van der Waals surface area contributed by atoms with Gasteiger partial charge in [0.2, 0.25) is 0 Å². The lowest BCUT2D eigenvalue weighted by molar-refractivity contribution is -0.161. The fourth-order valence-electron chi connectivity index (χ4n) is 5.54. The Morgan fingerprint density at radius 2 is 1.17 bits per heavy atom. The number of aliphatic hydroxyl groups excluding tert-OH is 1. The third-order valence-electron chi connectivity index (χ3n) is 8.63. The largest absolute Gasteiger partial charge is 0.469 e. The van der Waals surface area contributed by atoms with Crippen molar-refractivity contribution in [1.82, 2.24) is 0 Å². The molecule has 0 fully saturated rings. The number of allylic oxidation sites excluding steroid dienone is 7. The second-order valence-corrected chi connectivity index (χ2v) is 15.5. The minimum atomic E-state index is -4.78. The van der Waals surface area contributed by atoms with Crippen molar-refractivity contribution in [1.29, 1.82) is 0 Å². The van der Waals surface area contributed by atoms with E-state index in [-0.39, 0.29) is 25.6 Å². The average molecular weight is 755 g/mol. The fourth-order valence-corrected chi connectivity index (χ4v) is 5.90. The zero-order valence-corrected chi connectivity index (χ0v) is 33.9. The van der Waals surface area contributed by atoms with Crippen LogP contribution < -0.4 is 0 Å². The molecule has 10 heteroatoms. The van der Waals surface area contributed by atoms with Gasteiger partial charge in [-0.1, -0.05) is 172 Å². The van der Waals surface area contributed by atoms with E-state index in [1.165, 1.54) is 64.2 Å². The predicted molar refractivity (Wildman–Crippen MR) is 213 cm³/mol. The Bertz CT molecular complexity index is 1010. The first-order chi connectivity index (χ1) is 25.0. The standard InChI is InChI=1S/C42H75O9P/c1-4-5-26-32-39(43)33-28-23-19-15-11-9-13-17-21-25-30-35-42(45)51-40(37-50-52(46,47)48)36-49-41(44)34-29-24-20-16-12-8-6-7-10-14-18-22-27-31-38(2)3/h9,11,17,19,21,23,28,33,38-40,43H,4-8,10,12-16,18,20,22,24-27,29-32,34-37H2,1-3H3,(H2,46,47,48)/b11-9-,21-17-,23-19-,33-28+/t39-,40+/m0/s1. The Hall–Kier alpha value is -2.03. The van der Waals surface area contributed by atoms with Crippen molar-refractivity contribution in [3.63, 3.8) is 0 Å². The van der Waals surface area contributed by atoms with Crippen molar-refractivity contribution >= 4 is 19.8 Å². The second-order valence-electron chi connectivity index (χ2n) is 14.3. The Balaban J connectivity index is 4.07. The number of carbonyl (C=O) groups excluding carboxylic acids is 2. The summed E-state index contributed by atoms with van der Waals surface area (Å²) in [5.74, 6) is -0.156. The van der Waals surface area contributed by atoms with Crippen LogP contribution in [0.1, 0.15) is 175 Å². The maximum absolute atomic E-state index is 12.4. The molecule has 0 aromatic carbocycles. The van der Waals surface area contributed by atoms with Crippen LogP contribution in [0.3, 0.4) is 0 Å². The van der Waals surface area contributed by atoms with Gasteiger partial charge in [0.25, 0.3) is 0 Å². The number of rotatable bonds is 36. The maximum Gasteiger partial charge on any atom is 0.469 e. The molecule has 0 bridgehead atoms. The van der Waals surface area contributed by atoms with Gasteiger partial charge in [-0.15, -0.1) is 0 Å². The molecule has 0 spiro atoms. The van der Waals surface area contributed by atoms with Crippen LogP contribution in [0.2, 0.25) is 0 Å². The number of aliphatic hydroxyl groups is 1. The third-order valence-corrected chi connectivity index (χ3v) is 9.12. The van der Waals surface area contributed by atoms with Gasteiger partial charge in [0, 0.05) is 12.8 Å². The molecule has 0 aromatic heterocycles. The van der Waals surface area contributed by atoms with E-state index in [2.05, 4.69) is 37.4 Å². The minimum absolute atomic E-state index is 0.116. The van der Waals surface area contributed by atoms with E-state index in [1.807, 2.05) is 36.5 Å². The van der Waals surface area contributed by atoms with Crippen LogP contribution in [0.5, 0.6) is 0 Å². The van der Waals surface area contributed by atoms with Crippen LogP contribution in [0.25, 0.3) is 0 Å². The molecule has 0 aliphatic carbocycles. The van der Waals surface area contributed by atoms with Gasteiger partial charge in [0.15, 0.2) is 6.10 Å². The van der Waals surface area contributed by atoms with Crippen molar-refractivity contribution in [2.24, 2.45) is 5.92 Å². The monoisotopic (exact) mass is 755 g/mol. The van der Waals surface area contributed by atoms with Crippen molar-refractivity contribution in [2.75, 3.05) is 13.2 Å². The molecule has 0 unspecified atom stereocenters. The summed E-state index contributed by atoms with van der Waals surface area (Å²) in [7, 11) is -4.78. The molecule has 302 valence electrons. The van der Waals surface area contributed by atoms with Crippen LogP contribution in [-0.4, -0.2) is 52.3 Å². The van der Waals surface area contributed by atoms with Crippen LogP contribution in [0.15, 0.2) is 48.6 Å². The normalized spacial score (nSPS) is 13.7. The Morgan fingerprint density at radius 3 is 1.77 bits per heavy atom. The lowest BCUT2D eigenvalue weighted by Crippen LogP contribution is -2.29. The summed E-state index contributed by atoms with van der Waals surface area (Å²) < 4.78 is 26.3. The van der Waals surface area contributed by atoms with Crippen LogP contribution >= 0.6 is 7.82 Å². The lowest BCUT2D eigenvalue weighted by atomic mass is 10.0. The van der Waals surface area contributed by atoms with Crippen molar-refractivity contribution in [3.05, 3.63) is 48.6 Å². The zero-order valence-electron chi connectivity index (χ0n) is 33.0. The predicted octanol–water partition coefficient (Wildman–Crippen LogP) is 11.2. The van der Waals surface area contributed by atoms with Gasteiger partial charge in [-0.2, -0.15) is 0 Å². The number of hydrogen-bond acceptors (Lipinski definition) is 7. The molecule has 0 aliphatic heterocycles. The number of unbranched alkanes of at least 4 members (excludes halogenated alkanes) is 15. The Kier molecular flexibility index (Phi) is 34.6. The Morgan fingerprint density at radius 1 is 0.635 bits per heavy atom. The van der Waals surface area contributed by atoms with Crippen LogP contribution in [0.4, 0.5) is 0 Å². The first-order valence-corrected chi connectivity index (χ1v) is 21.9. The van der Waals surface area contributed by atoms with Crippen LogP contribution in [-0.2, 0) is 28.2 Å². The van der Waals surface area contributed by atoms with Gasteiger partial charge >= 0.3 is 19.8 Å². The highest BCUT2D eigenvalue weighted by Crippen LogP contribution is 2.36. The van der Waals surface area contributed by atoms with Gasteiger partial charge in [0.1, 0.15) is 6.61 Å². The maximum atomic E-state index is 12.4. The van der Waals surface area contributed by atoms with E-state index in [0.29, 0.717) is 19.3 Å². The fraction of sp³-hybridized carbons (Fsp3) is 0.762. The minimum Gasteiger partial charge on any atom is -0.462 e. The highest BCUT2D eigenvalue weighted by Gasteiger charge is 2.22. The topological polar surface area (TPSA) is 140 Å². The van der Waals surface area contributed by atoms with E-state index >= 15 is 0 Å². The first-order valence-electron chi connectivity index (χ1n) is 20.4. The molecule has 0 amide bonds. The van der Waals surface area contributed by atoms with Crippen molar-refractivity contribution < 1.29 is 43.0 Å².